The Bertz CT molecular complexity index is 584. The molecule has 2 N–H and O–H groups in total. The van der Waals surface area contributed by atoms with Crippen molar-refractivity contribution in [2.24, 2.45) is 4.99 Å². The fraction of sp³-hybridized carbons (Fsp3) is 0.562. The van der Waals surface area contributed by atoms with E-state index in [1.165, 1.54) is 21.3 Å². The predicted molar refractivity (Wildman–Crippen MR) is 105 cm³/mol. The van der Waals surface area contributed by atoms with Crippen LogP contribution in [-0.4, -0.2) is 46.6 Å². The number of benzene rings is 1. The summed E-state index contributed by atoms with van der Waals surface area (Å²) in [6.07, 6.45) is -5.14. The molecule has 0 bridgehead atoms. The molecule has 0 saturated heterocycles. The number of halogens is 4. The third-order valence-electron chi connectivity index (χ3n) is 3.24. The van der Waals surface area contributed by atoms with Crippen molar-refractivity contribution in [2.45, 2.75) is 26.1 Å². The molecule has 0 aliphatic heterocycles. The molecule has 1 rings (SSSR count). The lowest BCUT2D eigenvalue weighted by molar-refractivity contribution is -0.132. The maximum absolute atomic E-state index is 12.3. The molecule has 0 amide bonds. The Kier molecular flexibility index (Phi) is 11.2. The summed E-state index contributed by atoms with van der Waals surface area (Å²) in [6, 6.07) is 3.49. The lowest BCUT2D eigenvalue weighted by Crippen LogP contribution is -2.38. The highest BCUT2D eigenvalue weighted by Gasteiger charge is 2.26. The van der Waals surface area contributed by atoms with Crippen LogP contribution in [0.15, 0.2) is 17.1 Å². The van der Waals surface area contributed by atoms with E-state index < -0.39 is 12.6 Å². The van der Waals surface area contributed by atoms with Gasteiger partial charge in [-0.15, -0.1) is 24.0 Å². The smallest absolute Gasteiger partial charge is 0.390 e. The van der Waals surface area contributed by atoms with Gasteiger partial charge < -0.3 is 24.8 Å². The molecule has 0 radical (unpaired) electrons. The lowest BCUT2D eigenvalue weighted by atomic mass is 10.1. The third kappa shape index (κ3) is 7.75. The first-order valence-corrected chi connectivity index (χ1v) is 7.73. The van der Waals surface area contributed by atoms with Gasteiger partial charge in [-0.05, 0) is 19.1 Å². The van der Waals surface area contributed by atoms with Crippen LogP contribution in [0.2, 0.25) is 0 Å². The van der Waals surface area contributed by atoms with Crippen molar-refractivity contribution < 1.29 is 27.4 Å². The summed E-state index contributed by atoms with van der Waals surface area (Å²) in [5.41, 5.74) is 0.716. The summed E-state index contributed by atoms with van der Waals surface area (Å²) < 4.78 is 52.6. The van der Waals surface area contributed by atoms with E-state index in [4.69, 9.17) is 14.2 Å². The molecule has 0 atom stereocenters. The molecule has 0 aromatic heterocycles. The number of aliphatic imine (C=N–C) groups is 1. The fourth-order valence-corrected chi connectivity index (χ4v) is 2.12. The zero-order valence-electron chi connectivity index (χ0n) is 15.2. The molecule has 150 valence electrons. The number of rotatable bonds is 8. The normalized spacial score (nSPS) is 11.4. The minimum atomic E-state index is -4.21. The van der Waals surface area contributed by atoms with Gasteiger partial charge in [-0.25, -0.2) is 4.99 Å². The SMILES string of the molecule is CCNC(=NCc1ccc(OC)c(OC)c1OC)NCCC(F)(F)F.I. The molecular formula is C16H25F3IN3O3. The molecule has 1 aromatic rings. The van der Waals surface area contributed by atoms with Crippen LogP contribution >= 0.6 is 24.0 Å². The largest absolute Gasteiger partial charge is 0.493 e. The first kappa shape index (κ1) is 24.4. The van der Waals surface area contributed by atoms with Gasteiger partial charge in [0.2, 0.25) is 5.75 Å². The highest BCUT2D eigenvalue weighted by molar-refractivity contribution is 14.0. The second kappa shape index (κ2) is 11.9. The molecular weight excluding hydrogens is 466 g/mol. The van der Waals surface area contributed by atoms with E-state index in [-0.39, 0.29) is 37.1 Å². The van der Waals surface area contributed by atoms with Gasteiger partial charge >= 0.3 is 6.18 Å². The maximum Gasteiger partial charge on any atom is 0.390 e. The number of nitrogens with one attached hydrogen (secondary N) is 2. The molecule has 10 heteroatoms. The van der Waals surface area contributed by atoms with E-state index in [1.54, 1.807) is 12.1 Å². The zero-order chi connectivity index (χ0) is 18.9. The quantitative estimate of drug-likeness (QED) is 0.332. The highest BCUT2D eigenvalue weighted by Crippen LogP contribution is 2.39. The third-order valence-corrected chi connectivity index (χ3v) is 3.24. The van der Waals surface area contributed by atoms with Crippen molar-refractivity contribution >= 4 is 29.9 Å². The predicted octanol–water partition coefficient (Wildman–Crippen LogP) is 3.34. The fourth-order valence-electron chi connectivity index (χ4n) is 2.12. The number of methoxy groups -OCH3 is 3. The average Bonchev–Trinajstić information content (AvgIpc) is 2.57. The van der Waals surface area contributed by atoms with Crippen molar-refractivity contribution in [1.82, 2.24) is 10.6 Å². The molecule has 0 saturated carbocycles. The first-order chi connectivity index (χ1) is 11.9. The summed E-state index contributed by atoms with van der Waals surface area (Å²) in [7, 11) is 4.51. The summed E-state index contributed by atoms with van der Waals surface area (Å²) >= 11 is 0. The van der Waals surface area contributed by atoms with Crippen LogP contribution in [0.1, 0.15) is 18.9 Å². The van der Waals surface area contributed by atoms with Crippen molar-refractivity contribution in [3.05, 3.63) is 17.7 Å². The van der Waals surface area contributed by atoms with Crippen LogP contribution in [0, 0.1) is 0 Å². The van der Waals surface area contributed by atoms with Gasteiger partial charge in [-0.3, -0.25) is 0 Å². The number of hydrogen-bond donors (Lipinski definition) is 2. The van der Waals surface area contributed by atoms with Crippen molar-refractivity contribution in [3.8, 4) is 17.2 Å². The second-order valence-electron chi connectivity index (χ2n) is 4.98. The van der Waals surface area contributed by atoms with Crippen molar-refractivity contribution in [1.29, 1.82) is 0 Å². The Hall–Kier alpha value is -1.59. The topological polar surface area (TPSA) is 64.1 Å². The molecule has 0 fully saturated rings. The van der Waals surface area contributed by atoms with E-state index >= 15 is 0 Å². The van der Waals surface area contributed by atoms with Gasteiger partial charge in [0.1, 0.15) is 0 Å². The van der Waals surface area contributed by atoms with Crippen molar-refractivity contribution in [2.75, 3.05) is 34.4 Å². The van der Waals surface area contributed by atoms with Crippen LogP contribution < -0.4 is 24.8 Å². The minimum absolute atomic E-state index is 0. The Balaban J connectivity index is 0.00000625. The number of ether oxygens (including phenoxy) is 3. The maximum atomic E-state index is 12.3. The first-order valence-electron chi connectivity index (χ1n) is 7.73. The van der Waals surface area contributed by atoms with Crippen molar-refractivity contribution in [3.63, 3.8) is 0 Å². The molecule has 6 nitrogen and oxygen atoms in total. The van der Waals surface area contributed by atoms with E-state index in [1.807, 2.05) is 6.92 Å². The van der Waals surface area contributed by atoms with E-state index in [0.29, 0.717) is 35.3 Å². The minimum Gasteiger partial charge on any atom is -0.493 e. The summed E-state index contributed by atoms with van der Waals surface area (Å²) in [6.45, 7) is 2.31. The number of nitrogens with zero attached hydrogens (tertiary/aromatic N) is 1. The monoisotopic (exact) mass is 491 g/mol. The second-order valence-corrected chi connectivity index (χ2v) is 4.98. The Labute approximate surface area is 168 Å². The molecule has 0 unspecified atom stereocenters. The van der Waals surface area contributed by atoms with E-state index in [2.05, 4.69) is 15.6 Å². The number of hydrogen-bond acceptors (Lipinski definition) is 4. The van der Waals surface area contributed by atoms with Crippen LogP contribution in [0.25, 0.3) is 0 Å². The molecule has 1 aromatic carbocycles. The zero-order valence-corrected chi connectivity index (χ0v) is 17.5. The van der Waals surface area contributed by atoms with Gasteiger partial charge in [0, 0.05) is 18.7 Å². The summed E-state index contributed by atoms with van der Waals surface area (Å²) in [5.74, 6) is 1.72. The summed E-state index contributed by atoms with van der Waals surface area (Å²) in [5, 5.41) is 5.56. The highest BCUT2D eigenvalue weighted by atomic mass is 127. The Morgan fingerprint density at radius 3 is 2.19 bits per heavy atom. The molecule has 0 heterocycles. The number of alkyl halides is 3. The van der Waals surface area contributed by atoms with Gasteiger partial charge in [-0.2, -0.15) is 13.2 Å². The van der Waals surface area contributed by atoms with Gasteiger partial charge in [0.15, 0.2) is 17.5 Å². The lowest BCUT2D eigenvalue weighted by Gasteiger charge is -2.16. The molecule has 0 aliphatic rings. The van der Waals surface area contributed by atoms with Gasteiger partial charge in [-0.1, -0.05) is 0 Å². The molecule has 26 heavy (non-hydrogen) atoms. The summed E-state index contributed by atoms with van der Waals surface area (Å²) in [4.78, 5) is 4.29. The van der Waals surface area contributed by atoms with Crippen LogP contribution in [0.3, 0.4) is 0 Å². The molecule has 0 spiro atoms. The Morgan fingerprint density at radius 1 is 1.04 bits per heavy atom. The van der Waals surface area contributed by atoms with E-state index in [0.717, 1.165) is 0 Å². The van der Waals surface area contributed by atoms with E-state index in [9.17, 15) is 13.2 Å². The molecule has 0 aliphatic carbocycles. The van der Waals surface area contributed by atoms with Gasteiger partial charge in [0.05, 0.1) is 34.3 Å². The standard InChI is InChI=1S/C16H24F3N3O3.HI/c1-5-20-15(21-9-8-16(17,18)19)22-10-11-6-7-12(23-2)14(25-4)13(11)24-3;/h6-7H,5,8-10H2,1-4H3,(H2,20,21,22);1H. The van der Waals surface area contributed by atoms with Gasteiger partial charge in [0.25, 0.3) is 0 Å². The van der Waals surface area contributed by atoms with Crippen LogP contribution in [0.4, 0.5) is 13.2 Å². The number of guanidine groups is 1. The van der Waals surface area contributed by atoms with Crippen LogP contribution in [0.5, 0.6) is 17.2 Å². The average molecular weight is 491 g/mol. The van der Waals surface area contributed by atoms with Crippen LogP contribution in [-0.2, 0) is 6.54 Å². The Morgan fingerprint density at radius 2 is 1.69 bits per heavy atom.